The number of pyridine rings is 2. The molecule has 42 heavy (non-hydrogen) atoms. The zero-order valence-electron chi connectivity index (χ0n) is 22.4. The maximum absolute atomic E-state index is 7.11. The van der Waals surface area contributed by atoms with E-state index in [1.807, 2.05) is 12.4 Å². The highest BCUT2D eigenvalue weighted by Gasteiger charge is 2.32. The maximum atomic E-state index is 7.11. The maximum Gasteiger partial charge on any atom is 0.147 e. The summed E-state index contributed by atoms with van der Waals surface area (Å²) in [5, 5.41) is 8.08. The average molecular weight is 575 g/mol. The second kappa shape index (κ2) is 8.83. The largest absolute Gasteiger partial charge is 0.304 e. The van der Waals surface area contributed by atoms with Crippen molar-refractivity contribution in [1.29, 1.82) is 0 Å². The van der Waals surface area contributed by atoms with Gasteiger partial charge >= 0.3 is 0 Å². The molecule has 5 aromatic carbocycles. The summed E-state index contributed by atoms with van der Waals surface area (Å²) in [5.41, 5.74) is 6.42. The first-order valence-electron chi connectivity index (χ1n) is 14.0. The standard InChI is InChI=1S/C36H23N4PS/c42-41(24-20-22-37-23-21-24,40-31-16-6-2-10-25(31)26-11-3-7-17-32(26)40)34-19-9-13-28-27-12-1-5-15-30(27)39-33-18-8-4-14-29(33)38-36(39)35(28)34/h1-23H. The van der Waals surface area contributed by atoms with Crippen molar-refractivity contribution in [3.63, 3.8) is 0 Å². The van der Waals surface area contributed by atoms with Gasteiger partial charge in [0.2, 0.25) is 0 Å². The molecule has 9 aromatic rings. The number of benzene rings is 5. The molecule has 4 aromatic heterocycles. The van der Waals surface area contributed by atoms with E-state index < -0.39 is 6.19 Å². The summed E-state index contributed by atoms with van der Waals surface area (Å²) >= 11 is 7.11. The molecule has 198 valence electrons. The number of fused-ring (bicyclic) bond motifs is 11. The Morgan fingerprint density at radius 2 is 1.07 bits per heavy atom. The molecule has 0 amide bonds. The van der Waals surface area contributed by atoms with E-state index in [-0.39, 0.29) is 0 Å². The number of imidazole rings is 1. The Balaban J connectivity index is 1.56. The minimum Gasteiger partial charge on any atom is -0.304 e. The fraction of sp³-hybridized carbons (Fsp3) is 0. The number of hydrogen-bond donors (Lipinski definition) is 0. The molecule has 0 radical (unpaired) electrons. The highest BCUT2D eigenvalue weighted by Crippen LogP contribution is 2.53. The lowest BCUT2D eigenvalue weighted by molar-refractivity contribution is 1.31. The van der Waals surface area contributed by atoms with Crippen LogP contribution < -0.4 is 10.6 Å². The van der Waals surface area contributed by atoms with Crippen LogP contribution in [0.15, 0.2) is 140 Å². The number of aromatic nitrogens is 4. The molecule has 6 heteroatoms. The third-order valence-electron chi connectivity index (χ3n) is 8.44. The minimum atomic E-state index is -2.73. The molecule has 4 nitrogen and oxygen atoms in total. The smallest absolute Gasteiger partial charge is 0.147 e. The fourth-order valence-corrected chi connectivity index (χ4v) is 11.1. The molecular weight excluding hydrogens is 551 g/mol. The van der Waals surface area contributed by atoms with Crippen molar-refractivity contribution in [2.45, 2.75) is 0 Å². The van der Waals surface area contributed by atoms with Crippen molar-refractivity contribution in [1.82, 2.24) is 18.7 Å². The van der Waals surface area contributed by atoms with E-state index in [9.17, 15) is 0 Å². The van der Waals surface area contributed by atoms with E-state index in [2.05, 4.69) is 141 Å². The van der Waals surface area contributed by atoms with E-state index >= 15 is 0 Å². The molecule has 0 spiro atoms. The molecule has 1 atom stereocenters. The molecule has 0 saturated heterocycles. The predicted octanol–water partition coefficient (Wildman–Crippen LogP) is 8.19. The zero-order chi connectivity index (χ0) is 27.8. The van der Waals surface area contributed by atoms with Crippen LogP contribution >= 0.6 is 6.19 Å². The van der Waals surface area contributed by atoms with Crippen LogP contribution in [0.4, 0.5) is 0 Å². The quantitative estimate of drug-likeness (QED) is 0.158. The highest BCUT2D eigenvalue weighted by atomic mass is 32.4. The van der Waals surface area contributed by atoms with E-state index in [0.717, 1.165) is 54.6 Å². The Morgan fingerprint density at radius 3 is 1.76 bits per heavy atom. The summed E-state index contributed by atoms with van der Waals surface area (Å²) in [6.45, 7) is 0. The number of para-hydroxylation sites is 5. The van der Waals surface area contributed by atoms with Crippen LogP contribution in [0.1, 0.15) is 0 Å². The molecule has 0 aliphatic heterocycles. The monoisotopic (exact) mass is 574 g/mol. The van der Waals surface area contributed by atoms with Gasteiger partial charge in [0.1, 0.15) is 5.65 Å². The molecule has 9 rings (SSSR count). The molecule has 0 bridgehead atoms. The molecule has 0 aliphatic rings. The van der Waals surface area contributed by atoms with Crippen molar-refractivity contribution >= 4 is 88.8 Å². The first-order valence-corrected chi connectivity index (χ1v) is 16.7. The van der Waals surface area contributed by atoms with Crippen molar-refractivity contribution in [3.05, 3.63) is 140 Å². The molecule has 0 fully saturated rings. The van der Waals surface area contributed by atoms with Gasteiger partial charge in [0.15, 0.2) is 0 Å². The van der Waals surface area contributed by atoms with Gasteiger partial charge in [0.25, 0.3) is 0 Å². The minimum absolute atomic E-state index is 0.935. The topological polar surface area (TPSA) is 35.1 Å². The Morgan fingerprint density at radius 1 is 0.524 bits per heavy atom. The van der Waals surface area contributed by atoms with Crippen molar-refractivity contribution < 1.29 is 0 Å². The normalized spacial score (nSPS) is 13.5. The van der Waals surface area contributed by atoms with Crippen LogP contribution in [0.2, 0.25) is 0 Å². The third-order valence-corrected chi connectivity index (χ3v) is 13.2. The Kier molecular flexibility index (Phi) is 5.01. The molecule has 0 aliphatic carbocycles. The summed E-state index contributed by atoms with van der Waals surface area (Å²) in [7, 11) is 0. The van der Waals surface area contributed by atoms with Gasteiger partial charge < -0.3 is 4.34 Å². The lowest BCUT2D eigenvalue weighted by Crippen LogP contribution is -2.22. The lowest BCUT2D eigenvalue weighted by Gasteiger charge is -2.28. The Hall–Kier alpha value is -4.83. The number of hydrogen-bond acceptors (Lipinski definition) is 3. The van der Waals surface area contributed by atoms with Gasteiger partial charge in [-0.25, -0.2) is 4.98 Å². The molecule has 0 saturated carbocycles. The number of rotatable bonds is 3. The second-order valence-corrected chi connectivity index (χ2v) is 14.7. The first-order chi connectivity index (χ1) is 20.7. The van der Waals surface area contributed by atoms with Crippen molar-refractivity contribution in [3.8, 4) is 0 Å². The third kappa shape index (κ3) is 3.10. The predicted molar refractivity (Wildman–Crippen MR) is 180 cm³/mol. The first kappa shape index (κ1) is 23.8. The van der Waals surface area contributed by atoms with Crippen LogP contribution in [0.5, 0.6) is 0 Å². The summed E-state index contributed by atoms with van der Waals surface area (Å²) in [6.07, 6.45) is 0.996. The van der Waals surface area contributed by atoms with Gasteiger partial charge in [-0.15, -0.1) is 0 Å². The van der Waals surface area contributed by atoms with Crippen molar-refractivity contribution in [2.75, 3.05) is 0 Å². The lowest BCUT2D eigenvalue weighted by atomic mass is 10.1. The van der Waals surface area contributed by atoms with Crippen LogP contribution in [0.25, 0.3) is 60.2 Å². The van der Waals surface area contributed by atoms with Gasteiger partial charge in [-0.05, 0) is 47.9 Å². The van der Waals surface area contributed by atoms with Gasteiger partial charge in [0, 0.05) is 44.5 Å². The van der Waals surface area contributed by atoms with E-state index in [1.54, 1.807) is 0 Å². The second-order valence-electron chi connectivity index (χ2n) is 10.6. The van der Waals surface area contributed by atoms with Crippen LogP contribution in [0.3, 0.4) is 0 Å². The molecule has 0 N–H and O–H groups in total. The van der Waals surface area contributed by atoms with Crippen LogP contribution in [-0.2, 0) is 11.8 Å². The average Bonchev–Trinajstić information content (AvgIpc) is 3.62. The van der Waals surface area contributed by atoms with Crippen LogP contribution in [0, 0.1) is 0 Å². The zero-order valence-corrected chi connectivity index (χ0v) is 24.1. The molecule has 4 heterocycles. The summed E-state index contributed by atoms with van der Waals surface area (Å²) in [6, 6.07) is 45.1. The highest BCUT2D eigenvalue weighted by molar-refractivity contribution is 8.21. The summed E-state index contributed by atoms with van der Waals surface area (Å²) in [5.74, 6) is 0. The van der Waals surface area contributed by atoms with E-state index in [4.69, 9.17) is 16.8 Å². The Bertz CT molecular complexity index is 2510. The molecular formula is C36H23N4PS. The SMILES string of the molecule is S=P(c1ccncc1)(c1cccc2c3ccccc3n3c4ccccc4nc3c12)n1c2ccccc2c2ccccc21. The number of nitrogens with zero attached hydrogens (tertiary/aromatic N) is 4. The Labute approximate surface area is 246 Å². The summed E-state index contributed by atoms with van der Waals surface area (Å²) in [4.78, 5) is 9.67. The fourth-order valence-electron chi connectivity index (χ4n) is 6.70. The van der Waals surface area contributed by atoms with Gasteiger partial charge in [-0.1, -0.05) is 96.7 Å². The van der Waals surface area contributed by atoms with Gasteiger partial charge in [-0.3, -0.25) is 9.38 Å². The van der Waals surface area contributed by atoms with E-state index in [1.165, 1.54) is 16.2 Å². The van der Waals surface area contributed by atoms with Gasteiger partial charge in [-0.2, -0.15) is 0 Å². The summed E-state index contributed by atoms with van der Waals surface area (Å²) < 4.78 is 4.76. The van der Waals surface area contributed by atoms with Crippen LogP contribution in [-0.4, -0.2) is 18.7 Å². The van der Waals surface area contributed by atoms with Gasteiger partial charge in [0.05, 0.1) is 33.8 Å². The van der Waals surface area contributed by atoms with Crippen molar-refractivity contribution in [2.24, 2.45) is 0 Å². The van der Waals surface area contributed by atoms with E-state index in [0.29, 0.717) is 0 Å². The molecule has 1 unspecified atom stereocenters.